The summed E-state index contributed by atoms with van der Waals surface area (Å²) < 4.78 is 0. The van der Waals surface area contributed by atoms with Crippen molar-refractivity contribution in [1.82, 2.24) is 5.32 Å². The minimum atomic E-state index is 0.969. The number of nitrogens with one attached hydrogen (secondary N) is 1. The molecule has 1 saturated carbocycles. The molecule has 0 radical (unpaired) electrons. The molecule has 1 aliphatic heterocycles. The smallest absolute Gasteiger partial charge is 0.00122 e. The molecule has 1 N–H and O–H groups in total. The van der Waals surface area contributed by atoms with Gasteiger partial charge in [0, 0.05) is 0 Å². The van der Waals surface area contributed by atoms with Gasteiger partial charge in [0.15, 0.2) is 0 Å². The Balaban J connectivity index is 1.57. The molecule has 0 amide bonds. The highest BCUT2D eigenvalue weighted by molar-refractivity contribution is 7.99. The summed E-state index contributed by atoms with van der Waals surface area (Å²) in [5.74, 6) is 5.71. The SMILES string of the molecule is CC1CCCC1CNCC1CCSC1. The Hall–Kier alpha value is 0.310. The van der Waals surface area contributed by atoms with Crippen molar-refractivity contribution in [2.75, 3.05) is 24.6 Å². The Kier molecular flexibility index (Phi) is 4.18. The molecule has 0 aromatic rings. The average molecular weight is 213 g/mol. The fourth-order valence-electron chi connectivity index (χ4n) is 2.74. The first-order valence-electron chi connectivity index (χ1n) is 6.14. The quantitative estimate of drug-likeness (QED) is 0.770. The molecule has 1 aliphatic carbocycles. The zero-order chi connectivity index (χ0) is 9.80. The molecule has 2 aliphatic rings. The van der Waals surface area contributed by atoms with Crippen LogP contribution in [-0.4, -0.2) is 24.6 Å². The van der Waals surface area contributed by atoms with E-state index >= 15 is 0 Å². The molecule has 1 saturated heterocycles. The van der Waals surface area contributed by atoms with Crippen molar-refractivity contribution in [3.63, 3.8) is 0 Å². The average Bonchev–Trinajstić information content (AvgIpc) is 2.78. The van der Waals surface area contributed by atoms with Gasteiger partial charge in [0.25, 0.3) is 0 Å². The van der Waals surface area contributed by atoms with Gasteiger partial charge in [-0.15, -0.1) is 0 Å². The summed E-state index contributed by atoms with van der Waals surface area (Å²) in [5.41, 5.74) is 0. The normalized spacial score (nSPS) is 37.9. The molecule has 0 aromatic carbocycles. The lowest BCUT2D eigenvalue weighted by Crippen LogP contribution is -2.29. The lowest BCUT2D eigenvalue weighted by atomic mass is 9.98. The summed E-state index contributed by atoms with van der Waals surface area (Å²) in [7, 11) is 0. The Morgan fingerprint density at radius 2 is 2.14 bits per heavy atom. The summed E-state index contributed by atoms with van der Waals surface area (Å²) in [6.45, 7) is 4.98. The van der Waals surface area contributed by atoms with Crippen LogP contribution in [0.4, 0.5) is 0 Å². The number of hydrogen-bond acceptors (Lipinski definition) is 2. The van der Waals surface area contributed by atoms with Crippen molar-refractivity contribution < 1.29 is 0 Å². The summed E-state index contributed by atoms with van der Waals surface area (Å²) in [6, 6.07) is 0. The van der Waals surface area contributed by atoms with E-state index in [9.17, 15) is 0 Å². The van der Waals surface area contributed by atoms with Crippen molar-refractivity contribution in [2.24, 2.45) is 17.8 Å². The summed E-state index contributed by atoms with van der Waals surface area (Å²) in [4.78, 5) is 0. The van der Waals surface area contributed by atoms with Crippen LogP contribution in [0.25, 0.3) is 0 Å². The molecule has 3 unspecified atom stereocenters. The Labute approximate surface area is 92.4 Å². The van der Waals surface area contributed by atoms with Gasteiger partial charge < -0.3 is 5.32 Å². The molecular formula is C12H23NS. The molecular weight excluding hydrogens is 190 g/mol. The van der Waals surface area contributed by atoms with Crippen LogP contribution in [0.15, 0.2) is 0 Å². The van der Waals surface area contributed by atoms with Crippen LogP contribution < -0.4 is 5.32 Å². The van der Waals surface area contributed by atoms with E-state index in [1.807, 2.05) is 0 Å². The van der Waals surface area contributed by atoms with Crippen LogP contribution in [0.3, 0.4) is 0 Å². The summed E-state index contributed by atoms with van der Waals surface area (Å²) in [6.07, 6.45) is 5.84. The van der Waals surface area contributed by atoms with Crippen LogP contribution in [-0.2, 0) is 0 Å². The van der Waals surface area contributed by atoms with E-state index in [1.165, 1.54) is 50.3 Å². The zero-order valence-corrected chi connectivity index (χ0v) is 10.1. The van der Waals surface area contributed by atoms with E-state index in [1.54, 1.807) is 0 Å². The maximum Gasteiger partial charge on any atom is -0.00122 e. The largest absolute Gasteiger partial charge is 0.316 e. The monoisotopic (exact) mass is 213 g/mol. The molecule has 1 nitrogen and oxygen atoms in total. The maximum absolute atomic E-state index is 3.69. The minimum absolute atomic E-state index is 0.969. The molecule has 0 spiro atoms. The van der Waals surface area contributed by atoms with Crippen molar-refractivity contribution in [3.8, 4) is 0 Å². The molecule has 2 rings (SSSR count). The van der Waals surface area contributed by atoms with Crippen molar-refractivity contribution >= 4 is 11.8 Å². The fourth-order valence-corrected chi connectivity index (χ4v) is 4.03. The van der Waals surface area contributed by atoms with Crippen LogP contribution >= 0.6 is 11.8 Å². The third kappa shape index (κ3) is 2.90. The van der Waals surface area contributed by atoms with Crippen molar-refractivity contribution in [2.45, 2.75) is 32.6 Å². The predicted octanol–water partition coefficient (Wildman–Crippen LogP) is 2.77. The Bertz CT molecular complexity index is 166. The number of rotatable bonds is 4. The van der Waals surface area contributed by atoms with Crippen molar-refractivity contribution in [3.05, 3.63) is 0 Å². The summed E-state index contributed by atoms with van der Waals surface area (Å²) in [5, 5.41) is 3.69. The third-order valence-electron chi connectivity index (χ3n) is 3.90. The Morgan fingerprint density at radius 3 is 2.79 bits per heavy atom. The van der Waals surface area contributed by atoms with Gasteiger partial charge in [0.05, 0.1) is 0 Å². The molecule has 0 bridgehead atoms. The lowest BCUT2D eigenvalue weighted by Gasteiger charge is -2.17. The first-order valence-corrected chi connectivity index (χ1v) is 7.30. The third-order valence-corrected chi connectivity index (χ3v) is 5.13. The van der Waals surface area contributed by atoms with Gasteiger partial charge in [-0.1, -0.05) is 19.8 Å². The van der Waals surface area contributed by atoms with Crippen molar-refractivity contribution in [1.29, 1.82) is 0 Å². The molecule has 1 heterocycles. The standard InChI is InChI=1S/C12H23NS/c1-10-3-2-4-12(10)8-13-7-11-5-6-14-9-11/h10-13H,2-9H2,1H3. The molecule has 3 atom stereocenters. The van der Waals surface area contributed by atoms with Gasteiger partial charge in [0.1, 0.15) is 0 Å². The van der Waals surface area contributed by atoms with Gasteiger partial charge in [-0.3, -0.25) is 0 Å². The molecule has 0 aromatic heterocycles. The highest BCUT2D eigenvalue weighted by Crippen LogP contribution is 2.30. The molecule has 2 fully saturated rings. The maximum atomic E-state index is 3.69. The van der Waals surface area contributed by atoms with E-state index in [4.69, 9.17) is 0 Å². The first-order chi connectivity index (χ1) is 6.86. The minimum Gasteiger partial charge on any atom is -0.316 e. The lowest BCUT2D eigenvalue weighted by molar-refractivity contribution is 0.378. The predicted molar refractivity (Wildman–Crippen MR) is 64.8 cm³/mol. The number of thioether (sulfide) groups is 1. The van der Waals surface area contributed by atoms with Gasteiger partial charge in [-0.25, -0.2) is 0 Å². The molecule has 14 heavy (non-hydrogen) atoms. The van der Waals surface area contributed by atoms with E-state index in [0.29, 0.717) is 0 Å². The van der Waals surface area contributed by atoms with Crippen LogP contribution in [0.5, 0.6) is 0 Å². The zero-order valence-electron chi connectivity index (χ0n) is 9.30. The van der Waals surface area contributed by atoms with Gasteiger partial charge >= 0.3 is 0 Å². The molecule has 82 valence electrons. The van der Waals surface area contributed by atoms with E-state index in [-0.39, 0.29) is 0 Å². The van der Waals surface area contributed by atoms with E-state index in [2.05, 4.69) is 24.0 Å². The van der Waals surface area contributed by atoms with Gasteiger partial charge in [-0.05, 0) is 55.2 Å². The van der Waals surface area contributed by atoms with E-state index in [0.717, 1.165) is 17.8 Å². The van der Waals surface area contributed by atoms with Crippen LogP contribution in [0.1, 0.15) is 32.6 Å². The molecule has 2 heteroatoms. The highest BCUT2D eigenvalue weighted by atomic mass is 32.2. The Morgan fingerprint density at radius 1 is 1.21 bits per heavy atom. The second-order valence-electron chi connectivity index (χ2n) is 5.06. The first kappa shape index (κ1) is 10.8. The van der Waals surface area contributed by atoms with Gasteiger partial charge in [-0.2, -0.15) is 11.8 Å². The fraction of sp³-hybridized carbons (Fsp3) is 1.00. The number of hydrogen-bond donors (Lipinski definition) is 1. The second kappa shape index (κ2) is 5.41. The topological polar surface area (TPSA) is 12.0 Å². The second-order valence-corrected chi connectivity index (χ2v) is 6.21. The van der Waals surface area contributed by atoms with Crippen LogP contribution in [0, 0.1) is 17.8 Å². The van der Waals surface area contributed by atoms with E-state index < -0.39 is 0 Å². The van der Waals surface area contributed by atoms with Gasteiger partial charge in [0.2, 0.25) is 0 Å². The van der Waals surface area contributed by atoms with Crippen LogP contribution in [0.2, 0.25) is 0 Å². The highest BCUT2D eigenvalue weighted by Gasteiger charge is 2.23. The summed E-state index contributed by atoms with van der Waals surface area (Å²) >= 11 is 2.13.